The van der Waals surface area contributed by atoms with Gasteiger partial charge in [0.2, 0.25) is 27.7 Å². The average molecular weight is 798 g/mol. The number of rotatable bonds is 9. The zero-order chi connectivity index (χ0) is 40.0. The first kappa shape index (κ1) is 39.8. The van der Waals surface area contributed by atoms with E-state index >= 15 is 0 Å². The van der Waals surface area contributed by atoms with Gasteiger partial charge < -0.3 is 29.3 Å². The third-order valence-electron chi connectivity index (χ3n) is 12.2. The predicted molar refractivity (Wildman–Crippen MR) is 205 cm³/mol. The van der Waals surface area contributed by atoms with Gasteiger partial charge in [-0.25, -0.2) is 22.6 Å². The minimum atomic E-state index is -3.97. The van der Waals surface area contributed by atoms with Crippen LogP contribution in [0.15, 0.2) is 30.4 Å². The van der Waals surface area contributed by atoms with Crippen LogP contribution < -0.4 is 24.2 Å². The van der Waals surface area contributed by atoms with Crippen molar-refractivity contribution < 1.29 is 46.2 Å². The van der Waals surface area contributed by atoms with E-state index in [1.165, 1.54) is 9.80 Å². The number of ketones is 1. The number of aromatic nitrogens is 1. The third-order valence-corrected chi connectivity index (χ3v) is 14.4. The van der Waals surface area contributed by atoms with Gasteiger partial charge in [0.15, 0.2) is 5.78 Å². The Kier molecular flexibility index (Phi) is 11.0. The first-order valence-corrected chi connectivity index (χ1v) is 21.2. The van der Waals surface area contributed by atoms with Crippen molar-refractivity contribution in [1.29, 1.82) is 0 Å². The molecule has 5 atom stereocenters. The number of likely N-dealkylation sites (tertiary alicyclic amines) is 1. The van der Waals surface area contributed by atoms with Crippen molar-refractivity contribution >= 4 is 44.6 Å². The summed E-state index contributed by atoms with van der Waals surface area (Å²) in [7, 11) is -2.40. The Morgan fingerprint density at radius 1 is 1.09 bits per heavy atom. The quantitative estimate of drug-likeness (QED) is 0.344. The maximum Gasteiger partial charge on any atom is 0.318 e. The minimum absolute atomic E-state index is 0.00391. The van der Waals surface area contributed by atoms with Crippen LogP contribution in [0, 0.1) is 18.3 Å². The molecule has 0 bridgehead atoms. The number of nitrogens with one attached hydrogen (secondary N) is 2. The molecule has 4 heterocycles. The molecule has 5 aliphatic rings. The number of allylic oxidation sites excluding steroid dienone is 2. The first-order chi connectivity index (χ1) is 26.7. The van der Waals surface area contributed by atoms with Crippen LogP contribution in [0.1, 0.15) is 83.6 Å². The van der Waals surface area contributed by atoms with Gasteiger partial charge in [-0.1, -0.05) is 25.0 Å². The van der Waals surface area contributed by atoms with Crippen LogP contribution in [0.5, 0.6) is 17.4 Å². The third kappa shape index (κ3) is 7.77. The number of methoxy groups -OCH3 is 1. The number of ether oxygens (including phenoxy) is 3. The lowest BCUT2D eigenvalue weighted by atomic mass is 9.91. The second-order valence-corrected chi connectivity index (χ2v) is 18.4. The van der Waals surface area contributed by atoms with Crippen LogP contribution in [0.4, 0.5) is 9.18 Å². The smallest absolute Gasteiger partial charge is 0.318 e. The molecule has 2 N–H and O–H groups in total. The van der Waals surface area contributed by atoms with Gasteiger partial charge in [-0.15, -0.1) is 0 Å². The zero-order valence-corrected chi connectivity index (χ0v) is 33.3. The van der Waals surface area contributed by atoms with Crippen LogP contribution in [0.2, 0.25) is 0 Å². The minimum Gasteiger partial charge on any atom is -0.496 e. The number of halogens is 1. The molecule has 0 spiro atoms. The molecule has 7 rings (SSSR count). The molecule has 56 heavy (non-hydrogen) atoms. The summed E-state index contributed by atoms with van der Waals surface area (Å²) < 4.78 is 59.4. The highest BCUT2D eigenvalue weighted by Crippen LogP contribution is 2.57. The Morgan fingerprint density at radius 2 is 1.86 bits per heavy atom. The topological polar surface area (TPSA) is 174 Å². The lowest BCUT2D eigenvalue weighted by molar-refractivity contribution is -0.140. The maximum atomic E-state index is 14.6. The van der Waals surface area contributed by atoms with E-state index in [0.717, 1.165) is 18.4 Å². The Morgan fingerprint density at radius 3 is 2.55 bits per heavy atom. The number of fused-ring (bicyclic) bond motifs is 3. The zero-order valence-electron chi connectivity index (χ0n) is 32.5. The molecule has 304 valence electrons. The number of amides is 4. The number of alkyl halides is 1. The van der Waals surface area contributed by atoms with Crippen molar-refractivity contribution in [3.05, 3.63) is 35.9 Å². The van der Waals surface area contributed by atoms with Gasteiger partial charge in [0.1, 0.15) is 29.8 Å². The van der Waals surface area contributed by atoms with E-state index in [4.69, 9.17) is 14.2 Å². The normalized spacial score (nSPS) is 28.5. The summed E-state index contributed by atoms with van der Waals surface area (Å²) in [5.41, 5.74) is 0.0818. The fraction of sp³-hybridized carbons (Fsp3) is 0.625. The van der Waals surface area contributed by atoms with E-state index < -0.39 is 68.2 Å². The number of urea groups is 1. The molecule has 14 nitrogen and oxygen atoms in total. The average Bonchev–Trinajstić information content (AvgIpc) is 4.02. The summed E-state index contributed by atoms with van der Waals surface area (Å²) in [5.74, 6) is -0.536. The Labute approximate surface area is 326 Å². The lowest BCUT2D eigenvalue weighted by Crippen LogP contribution is -2.59. The summed E-state index contributed by atoms with van der Waals surface area (Å²) in [4.78, 5) is 63.8. The molecule has 0 unspecified atom stereocenters. The van der Waals surface area contributed by atoms with E-state index in [1.54, 1.807) is 20.1 Å². The number of benzene rings is 1. The molecule has 2 aromatic rings. The van der Waals surface area contributed by atoms with Crippen molar-refractivity contribution in [2.75, 3.05) is 33.4 Å². The number of pyridine rings is 1. The SMILES string of the molecule is CCOc1cc(O[C@@H]2C[C@H]3C(=O)C[C@]4(C(=O)NS(=O)(=O)C5(C)CC5)C[C@H]4/C=C\CCCCC[C@H](NC(=O)N4CC(F)C4)C(=O)N3C2)c2ccc(OC)c(C)c2n1. The van der Waals surface area contributed by atoms with Crippen LogP contribution in [0.25, 0.3) is 10.9 Å². The molecule has 1 aromatic carbocycles. The van der Waals surface area contributed by atoms with E-state index in [9.17, 15) is 32.0 Å². The van der Waals surface area contributed by atoms with Crippen molar-refractivity contribution in [3.8, 4) is 17.4 Å². The molecule has 3 aliphatic heterocycles. The number of aryl methyl sites for hydroxylation is 1. The fourth-order valence-corrected chi connectivity index (χ4v) is 9.53. The second-order valence-electron chi connectivity index (χ2n) is 16.2. The van der Waals surface area contributed by atoms with Gasteiger partial charge in [-0.05, 0) is 77.3 Å². The molecule has 4 amide bonds. The van der Waals surface area contributed by atoms with Gasteiger partial charge in [-0.2, -0.15) is 0 Å². The van der Waals surface area contributed by atoms with Gasteiger partial charge in [0, 0.05) is 29.9 Å². The molecule has 2 saturated heterocycles. The second kappa shape index (κ2) is 15.5. The summed E-state index contributed by atoms with van der Waals surface area (Å²) in [6.45, 7) is 5.54. The number of carbonyl (C=O) groups is 4. The Balaban J connectivity index is 1.21. The number of carbonyl (C=O) groups excluding carboxylic acids is 4. The van der Waals surface area contributed by atoms with E-state index in [-0.39, 0.29) is 38.4 Å². The van der Waals surface area contributed by atoms with Crippen LogP contribution in [-0.2, 0) is 24.4 Å². The Bertz CT molecular complexity index is 2030. The monoisotopic (exact) mass is 797 g/mol. The maximum absolute atomic E-state index is 14.6. The number of nitrogens with zero attached hydrogens (tertiary/aromatic N) is 3. The van der Waals surface area contributed by atoms with Crippen molar-refractivity contribution in [1.82, 2.24) is 24.8 Å². The molecular formula is C40H52FN5O9S. The van der Waals surface area contributed by atoms with Crippen molar-refractivity contribution in [2.45, 2.75) is 114 Å². The molecule has 0 radical (unpaired) electrons. The number of hydrogen-bond donors (Lipinski definition) is 2. The van der Waals surface area contributed by atoms with Crippen LogP contribution in [0.3, 0.4) is 0 Å². The summed E-state index contributed by atoms with van der Waals surface area (Å²) in [6, 6.07) is 2.73. The fourth-order valence-electron chi connectivity index (χ4n) is 8.20. The molecule has 16 heteroatoms. The van der Waals surface area contributed by atoms with Gasteiger partial charge in [0.05, 0.1) is 55.1 Å². The standard InChI is InChI=1S/C40H52FN5O9S/c1-5-54-34-18-33(28-13-14-32(53-4)24(2)35(28)43-34)55-27-17-30-31(47)20-40(37(49)44-56(51,52)39(3)15-16-39)19-25(40)11-9-7-6-8-10-12-29(36(48)46(30)23-27)42-38(50)45-21-26(41)22-45/h9,11,13-14,18,25-27,29-30H,5-8,10,12,15-17,19-23H2,1-4H3,(H,42,50)(H,44,49)/b11-9-/t25-,27-,29+,30+,40-/m1/s1. The van der Waals surface area contributed by atoms with Crippen molar-refractivity contribution in [2.24, 2.45) is 11.3 Å². The molecular weight excluding hydrogens is 746 g/mol. The largest absolute Gasteiger partial charge is 0.496 e. The Hall–Kier alpha value is -4.47. The summed E-state index contributed by atoms with van der Waals surface area (Å²) >= 11 is 0. The molecule has 4 fully saturated rings. The van der Waals surface area contributed by atoms with E-state index in [2.05, 4.69) is 15.0 Å². The van der Waals surface area contributed by atoms with Gasteiger partial charge >= 0.3 is 6.03 Å². The predicted octanol–water partition coefficient (Wildman–Crippen LogP) is 4.52. The number of hydrogen-bond acceptors (Lipinski definition) is 10. The van der Waals surface area contributed by atoms with Gasteiger partial charge in [0.25, 0.3) is 0 Å². The van der Waals surface area contributed by atoms with Crippen LogP contribution >= 0.6 is 0 Å². The number of Topliss-reactive ketones (excluding diaryl/α,β-unsaturated/α-hetero) is 1. The lowest BCUT2D eigenvalue weighted by Gasteiger charge is -2.36. The van der Waals surface area contributed by atoms with Gasteiger partial charge in [-0.3, -0.25) is 19.1 Å². The summed E-state index contributed by atoms with van der Waals surface area (Å²) in [5, 5.41) is 3.50. The van der Waals surface area contributed by atoms with Crippen LogP contribution in [-0.4, -0.2) is 109 Å². The highest BCUT2D eigenvalue weighted by molar-refractivity contribution is 7.91. The number of sulfonamides is 1. The summed E-state index contributed by atoms with van der Waals surface area (Å²) in [6.07, 6.45) is 6.22. The van der Waals surface area contributed by atoms with Crippen molar-refractivity contribution in [3.63, 3.8) is 0 Å². The molecule has 1 aromatic heterocycles. The van der Waals surface area contributed by atoms with E-state index in [0.29, 0.717) is 73.4 Å². The van der Waals surface area contributed by atoms with E-state index in [1.807, 2.05) is 38.1 Å². The highest BCUT2D eigenvalue weighted by Gasteiger charge is 2.62. The molecule has 2 saturated carbocycles. The first-order valence-electron chi connectivity index (χ1n) is 19.7. The highest BCUT2D eigenvalue weighted by atomic mass is 32.2. The molecule has 2 aliphatic carbocycles.